The van der Waals surface area contributed by atoms with E-state index in [-0.39, 0.29) is 0 Å². The molecule has 0 aromatic heterocycles. The minimum atomic E-state index is 0.331. The van der Waals surface area contributed by atoms with E-state index in [1.807, 2.05) is 0 Å². The molecule has 1 aliphatic carbocycles. The second-order valence-electron chi connectivity index (χ2n) is 2.78. The highest BCUT2D eigenvalue weighted by Gasteiger charge is 2.17. The number of Topliss-reactive ketones (excluding diaryl/α,β-unsaturated/α-hetero) is 1. The van der Waals surface area contributed by atoms with E-state index in [4.69, 9.17) is 0 Å². The Morgan fingerprint density at radius 2 is 2.09 bits per heavy atom. The summed E-state index contributed by atoms with van der Waals surface area (Å²) < 4.78 is 0. The Hall–Kier alpha value is -0.635. The van der Waals surface area contributed by atoms with Crippen LogP contribution < -0.4 is 5.23 Å². The molecule has 0 amide bonds. The van der Waals surface area contributed by atoms with E-state index < -0.39 is 0 Å². The number of nitrogens with one attached hydrogen (secondary N) is 1. The van der Waals surface area contributed by atoms with Crippen LogP contribution in [0, 0.1) is 0 Å². The summed E-state index contributed by atoms with van der Waals surface area (Å²) in [5.41, 5.74) is 0. The number of rotatable bonds is 3. The van der Waals surface area contributed by atoms with E-state index in [1.54, 1.807) is 0 Å². The van der Waals surface area contributed by atoms with Crippen molar-refractivity contribution < 1.29 is 9.59 Å². The highest BCUT2D eigenvalue weighted by molar-refractivity contribution is 6.64. The summed E-state index contributed by atoms with van der Waals surface area (Å²) in [4.78, 5) is 20.7. The maximum absolute atomic E-state index is 10.8. The fraction of sp³-hybridized carbons (Fsp3) is 0.714. The molecular weight excluding hydrogens is 141 g/mol. The van der Waals surface area contributed by atoms with Gasteiger partial charge in [-0.3, -0.25) is 4.79 Å². The lowest BCUT2D eigenvalue weighted by Gasteiger charge is -2.20. The van der Waals surface area contributed by atoms with Crippen molar-refractivity contribution in [1.82, 2.24) is 5.23 Å². The van der Waals surface area contributed by atoms with Crippen LogP contribution in [0.3, 0.4) is 0 Å². The lowest BCUT2D eigenvalue weighted by molar-refractivity contribution is -0.120. The van der Waals surface area contributed by atoms with Crippen molar-refractivity contribution in [2.24, 2.45) is 0 Å². The summed E-state index contributed by atoms with van der Waals surface area (Å²) >= 11 is 0. The largest absolute Gasteiger partial charge is 0.351 e. The van der Waals surface area contributed by atoms with Crippen molar-refractivity contribution in [3.05, 3.63) is 0 Å². The average Bonchev–Trinajstić information content (AvgIpc) is 2.04. The summed E-state index contributed by atoms with van der Waals surface area (Å²) in [6.07, 6.45) is 3.78. The van der Waals surface area contributed by atoms with Crippen molar-refractivity contribution in [2.75, 3.05) is 0 Å². The molecule has 1 radical (unpaired) electrons. The van der Waals surface area contributed by atoms with Gasteiger partial charge in [0.05, 0.1) is 6.19 Å². The standard InChI is InChI=1S/C7H11BNO2/c10-5-8-9-6-1-3-7(11)4-2-6/h5-6,9H,1-4H2. The zero-order valence-corrected chi connectivity index (χ0v) is 6.38. The minimum Gasteiger partial charge on any atom is -0.351 e. The topological polar surface area (TPSA) is 46.2 Å². The number of ketones is 1. The molecule has 0 bridgehead atoms. The van der Waals surface area contributed by atoms with Gasteiger partial charge in [0.2, 0.25) is 0 Å². The van der Waals surface area contributed by atoms with Gasteiger partial charge in [-0.25, -0.2) is 0 Å². The zero-order valence-electron chi connectivity index (χ0n) is 6.38. The summed E-state index contributed by atoms with van der Waals surface area (Å²) in [6, 6.07) is 0.331. The molecule has 0 unspecified atom stereocenters. The molecule has 0 heterocycles. The Morgan fingerprint density at radius 1 is 1.45 bits per heavy atom. The number of hydrogen-bond acceptors (Lipinski definition) is 3. The van der Waals surface area contributed by atoms with Gasteiger partial charge in [0.1, 0.15) is 5.78 Å². The third kappa shape index (κ3) is 2.84. The Kier molecular flexibility index (Phi) is 3.30. The fourth-order valence-electron chi connectivity index (χ4n) is 1.28. The van der Waals surface area contributed by atoms with Gasteiger partial charge in [0.25, 0.3) is 7.41 Å². The molecule has 3 nitrogen and oxygen atoms in total. The van der Waals surface area contributed by atoms with E-state index in [1.165, 1.54) is 7.41 Å². The molecule has 0 atom stereocenters. The molecule has 11 heavy (non-hydrogen) atoms. The first-order chi connectivity index (χ1) is 5.33. The highest BCUT2D eigenvalue weighted by Crippen LogP contribution is 2.13. The second kappa shape index (κ2) is 4.29. The van der Waals surface area contributed by atoms with E-state index in [0.717, 1.165) is 19.0 Å². The lowest BCUT2D eigenvalue weighted by atomic mass is 9.88. The quantitative estimate of drug-likeness (QED) is 0.453. The number of carbonyl (C=O) groups excluding carboxylic acids is 2. The average molecular weight is 152 g/mol. The first-order valence-electron chi connectivity index (χ1n) is 3.87. The van der Waals surface area contributed by atoms with Gasteiger partial charge in [0, 0.05) is 12.8 Å². The molecular formula is C7H11BNO2. The van der Waals surface area contributed by atoms with Crippen molar-refractivity contribution in [1.29, 1.82) is 0 Å². The molecule has 0 aromatic rings. The smallest absolute Gasteiger partial charge is 0.290 e. The van der Waals surface area contributed by atoms with E-state index in [0.29, 0.717) is 24.7 Å². The first-order valence-corrected chi connectivity index (χ1v) is 3.87. The lowest BCUT2D eigenvalue weighted by Crippen LogP contribution is -2.36. The summed E-state index contributed by atoms with van der Waals surface area (Å²) in [7, 11) is 1.40. The minimum absolute atomic E-state index is 0.331. The SMILES string of the molecule is O=C[B]NC1CCC(=O)CC1. The molecule has 0 saturated heterocycles. The molecule has 4 heteroatoms. The normalized spacial score (nSPS) is 19.8. The van der Waals surface area contributed by atoms with Gasteiger partial charge >= 0.3 is 0 Å². The summed E-state index contributed by atoms with van der Waals surface area (Å²) in [5, 5.41) is 2.95. The van der Waals surface area contributed by atoms with Crippen LogP contribution in [0.5, 0.6) is 0 Å². The van der Waals surface area contributed by atoms with Gasteiger partial charge in [-0.05, 0) is 18.9 Å². The monoisotopic (exact) mass is 152 g/mol. The Bertz CT molecular complexity index is 148. The van der Waals surface area contributed by atoms with Gasteiger partial charge in [-0.15, -0.1) is 0 Å². The molecule has 1 rings (SSSR count). The van der Waals surface area contributed by atoms with Gasteiger partial charge in [-0.2, -0.15) is 0 Å². The van der Waals surface area contributed by atoms with E-state index >= 15 is 0 Å². The van der Waals surface area contributed by atoms with E-state index in [9.17, 15) is 9.59 Å². The van der Waals surface area contributed by atoms with Crippen LogP contribution in [0.25, 0.3) is 0 Å². The van der Waals surface area contributed by atoms with Crippen LogP contribution in [0.1, 0.15) is 25.7 Å². The molecule has 0 spiro atoms. The Labute approximate surface area is 66.8 Å². The predicted molar refractivity (Wildman–Crippen MR) is 42.9 cm³/mol. The highest BCUT2D eigenvalue weighted by atomic mass is 16.1. The van der Waals surface area contributed by atoms with Gasteiger partial charge in [0.15, 0.2) is 0 Å². The second-order valence-corrected chi connectivity index (χ2v) is 2.78. The van der Waals surface area contributed by atoms with Crippen LogP contribution in [0.4, 0.5) is 0 Å². The Balaban J connectivity index is 2.16. The van der Waals surface area contributed by atoms with Crippen LogP contribution in [-0.2, 0) is 9.59 Å². The summed E-state index contributed by atoms with van der Waals surface area (Å²) in [5.74, 6) is 0.342. The Morgan fingerprint density at radius 3 is 2.64 bits per heavy atom. The van der Waals surface area contributed by atoms with Crippen LogP contribution in [0.15, 0.2) is 0 Å². The van der Waals surface area contributed by atoms with Gasteiger partial charge < -0.3 is 10.0 Å². The third-order valence-corrected chi connectivity index (χ3v) is 1.94. The fourth-order valence-corrected chi connectivity index (χ4v) is 1.28. The molecule has 1 aliphatic rings. The van der Waals surface area contributed by atoms with Crippen LogP contribution in [0.2, 0.25) is 0 Å². The van der Waals surface area contributed by atoms with Crippen molar-refractivity contribution >= 4 is 19.4 Å². The summed E-state index contributed by atoms with van der Waals surface area (Å²) in [6.45, 7) is 0. The van der Waals surface area contributed by atoms with Gasteiger partial charge in [-0.1, -0.05) is 0 Å². The maximum atomic E-state index is 10.8. The third-order valence-electron chi connectivity index (χ3n) is 1.94. The zero-order chi connectivity index (χ0) is 8.10. The number of carbonyl (C=O) groups is 2. The van der Waals surface area contributed by atoms with Crippen molar-refractivity contribution in [2.45, 2.75) is 31.7 Å². The van der Waals surface area contributed by atoms with Crippen molar-refractivity contribution in [3.63, 3.8) is 0 Å². The number of hydrogen-bond donors (Lipinski definition) is 1. The molecule has 1 N–H and O–H groups in total. The molecule has 0 aliphatic heterocycles. The van der Waals surface area contributed by atoms with Crippen molar-refractivity contribution in [3.8, 4) is 0 Å². The predicted octanol–water partition coefficient (Wildman–Crippen LogP) is -0.103. The van der Waals surface area contributed by atoms with Crippen LogP contribution >= 0.6 is 0 Å². The van der Waals surface area contributed by atoms with E-state index in [2.05, 4.69) is 5.23 Å². The molecule has 59 valence electrons. The maximum Gasteiger partial charge on any atom is 0.290 e. The first kappa shape index (κ1) is 8.46. The molecule has 1 saturated carbocycles. The van der Waals surface area contributed by atoms with Crippen LogP contribution in [-0.4, -0.2) is 25.4 Å². The molecule has 0 aromatic carbocycles. The molecule has 1 fully saturated rings.